The minimum Gasteiger partial charge on any atom is -0.287 e. The van der Waals surface area contributed by atoms with Gasteiger partial charge in [-0.2, -0.15) is 5.10 Å². The summed E-state index contributed by atoms with van der Waals surface area (Å²) in [5.41, 5.74) is 0.684. The largest absolute Gasteiger partial charge is 0.287 e. The topological polar surface area (TPSA) is 60.7 Å². The molecule has 3 aromatic rings. The zero-order valence-corrected chi connectivity index (χ0v) is 10.0. The number of halogens is 1. The van der Waals surface area contributed by atoms with Crippen LogP contribution < -0.4 is 0 Å². The number of rotatable bonds is 2. The highest BCUT2D eigenvalue weighted by Gasteiger charge is 2.19. The maximum Gasteiger partial charge on any atom is 0.215 e. The predicted octanol–water partition coefficient (Wildman–Crippen LogP) is 1.73. The Morgan fingerprint density at radius 1 is 1.26 bits per heavy atom. The van der Waals surface area contributed by atoms with E-state index in [9.17, 15) is 9.18 Å². The Balaban J connectivity index is 2.20. The summed E-state index contributed by atoms with van der Waals surface area (Å²) in [6.45, 7) is 0. The average molecular weight is 256 g/mol. The molecule has 5 nitrogen and oxygen atoms in total. The molecule has 0 fully saturated rings. The highest BCUT2D eigenvalue weighted by Crippen LogP contribution is 2.18. The lowest BCUT2D eigenvalue weighted by atomic mass is 10.1. The molecule has 2 heterocycles. The summed E-state index contributed by atoms with van der Waals surface area (Å²) in [6, 6.07) is 5.82. The Labute approximate surface area is 107 Å². The van der Waals surface area contributed by atoms with Gasteiger partial charge >= 0.3 is 0 Å². The smallest absolute Gasteiger partial charge is 0.215 e. The number of benzene rings is 1. The van der Waals surface area contributed by atoms with Gasteiger partial charge < -0.3 is 0 Å². The maximum atomic E-state index is 13.6. The van der Waals surface area contributed by atoms with E-state index in [0.717, 1.165) is 0 Å². The third kappa shape index (κ3) is 1.77. The summed E-state index contributed by atoms with van der Waals surface area (Å²) in [5.74, 6) is -1.04. The minimum absolute atomic E-state index is 0.00801. The molecule has 0 saturated carbocycles. The van der Waals surface area contributed by atoms with Gasteiger partial charge in [-0.15, -0.1) is 0 Å². The molecule has 0 unspecified atom stereocenters. The first-order valence-corrected chi connectivity index (χ1v) is 5.60. The fourth-order valence-electron chi connectivity index (χ4n) is 1.92. The Kier molecular flexibility index (Phi) is 2.56. The van der Waals surface area contributed by atoms with Gasteiger partial charge in [0.25, 0.3) is 0 Å². The number of hydrogen-bond donors (Lipinski definition) is 0. The Morgan fingerprint density at radius 3 is 2.84 bits per heavy atom. The van der Waals surface area contributed by atoms with E-state index >= 15 is 0 Å². The molecule has 0 aliphatic carbocycles. The summed E-state index contributed by atoms with van der Waals surface area (Å²) < 4.78 is 15.2. The number of aromatic nitrogens is 4. The van der Waals surface area contributed by atoms with Crippen LogP contribution in [0.5, 0.6) is 0 Å². The highest BCUT2D eigenvalue weighted by molar-refractivity contribution is 6.14. The van der Waals surface area contributed by atoms with E-state index in [0.29, 0.717) is 11.0 Å². The van der Waals surface area contributed by atoms with Gasteiger partial charge in [-0.05, 0) is 12.1 Å². The second-order valence-corrected chi connectivity index (χ2v) is 4.04. The van der Waals surface area contributed by atoms with E-state index in [-0.39, 0.29) is 11.3 Å². The standard InChI is InChI=1S/C13H9FN4O/c1-18-13-9(6-17-18)11(15-7-16-13)12(19)8-4-2-3-5-10(8)14/h2-7H,1H3. The van der Waals surface area contributed by atoms with E-state index in [2.05, 4.69) is 15.1 Å². The lowest BCUT2D eigenvalue weighted by molar-refractivity contribution is 0.103. The number of carbonyl (C=O) groups is 1. The molecule has 94 valence electrons. The Bertz CT molecular complexity index is 781. The molecule has 0 amide bonds. The zero-order valence-electron chi connectivity index (χ0n) is 10.0. The molecule has 0 atom stereocenters. The molecule has 0 aliphatic rings. The monoisotopic (exact) mass is 256 g/mol. The van der Waals surface area contributed by atoms with Gasteiger partial charge in [0.2, 0.25) is 5.78 Å². The molecule has 0 saturated heterocycles. The second-order valence-electron chi connectivity index (χ2n) is 4.04. The van der Waals surface area contributed by atoms with E-state index in [4.69, 9.17) is 0 Å². The second kappa shape index (κ2) is 4.24. The quantitative estimate of drug-likeness (QED) is 0.655. The van der Waals surface area contributed by atoms with Crippen molar-refractivity contribution < 1.29 is 9.18 Å². The van der Waals surface area contributed by atoms with Crippen molar-refractivity contribution in [1.82, 2.24) is 19.7 Å². The molecule has 0 spiro atoms. The normalized spacial score (nSPS) is 10.8. The Morgan fingerprint density at radius 2 is 2.05 bits per heavy atom. The van der Waals surface area contributed by atoms with Gasteiger partial charge in [-0.25, -0.2) is 14.4 Å². The molecular formula is C13H9FN4O. The Hall–Kier alpha value is -2.63. The van der Waals surface area contributed by atoms with Crippen LogP contribution in [0.25, 0.3) is 11.0 Å². The van der Waals surface area contributed by atoms with E-state index in [1.165, 1.54) is 35.4 Å². The fourth-order valence-corrected chi connectivity index (χ4v) is 1.92. The van der Waals surface area contributed by atoms with Crippen molar-refractivity contribution >= 4 is 16.8 Å². The van der Waals surface area contributed by atoms with Gasteiger partial charge in [0.15, 0.2) is 5.65 Å². The number of aryl methyl sites for hydroxylation is 1. The van der Waals surface area contributed by atoms with Crippen molar-refractivity contribution in [3.05, 3.63) is 53.9 Å². The summed E-state index contributed by atoms with van der Waals surface area (Å²) in [7, 11) is 1.71. The molecule has 3 rings (SSSR count). The van der Waals surface area contributed by atoms with Gasteiger partial charge in [-0.3, -0.25) is 9.48 Å². The summed E-state index contributed by atoms with van der Waals surface area (Å²) in [6.07, 6.45) is 2.78. The van der Waals surface area contributed by atoms with Crippen LogP contribution in [0.3, 0.4) is 0 Å². The van der Waals surface area contributed by atoms with E-state index in [1.807, 2.05) is 0 Å². The van der Waals surface area contributed by atoms with Crippen LogP contribution >= 0.6 is 0 Å². The summed E-state index contributed by atoms with van der Waals surface area (Å²) in [4.78, 5) is 20.3. The van der Waals surface area contributed by atoms with Crippen LogP contribution in [0.2, 0.25) is 0 Å². The lowest BCUT2D eigenvalue weighted by Gasteiger charge is -2.02. The van der Waals surface area contributed by atoms with Crippen molar-refractivity contribution in [3.8, 4) is 0 Å². The average Bonchev–Trinajstić information content (AvgIpc) is 2.80. The maximum absolute atomic E-state index is 13.6. The molecule has 19 heavy (non-hydrogen) atoms. The van der Waals surface area contributed by atoms with Crippen molar-refractivity contribution in [2.24, 2.45) is 7.05 Å². The fraction of sp³-hybridized carbons (Fsp3) is 0.0769. The SMILES string of the molecule is Cn1ncc2c(C(=O)c3ccccc3F)ncnc21. The summed E-state index contributed by atoms with van der Waals surface area (Å²) >= 11 is 0. The minimum atomic E-state index is -0.567. The van der Waals surface area contributed by atoms with E-state index < -0.39 is 11.6 Å². The molecule has 0 N–H and O–H groups in total. The van der Waals surface area contributed by atoms with E-state index in [1.54, 1.807) is 13.1 Å². The molecule has 0 aliphatic heterocycles. The van der Waals surface area contributed by atoms with Crippen LogP contribution in [0.1, 0.15) is 16.1 Å². The van der Waals surface area contributed by atoms with Crippen molar-refractivity contribution in [2.75, 3.05) is 0 Å². The number of hydrogen-bond acceptors (Lipinski definition) is 4. The predicted molar refractivity (Wildman–Crippen MR) is 66.1 cm³/mol. The molecule has 6 heteroatoms. The number of nitrogens with zero attached hydrogens (tertiary/aromatic N) is 4. The van der Waals surface area contributed by atoms with Gasteiger partial charge in [0.1, 0.15) is 17.8 Å². The molecule has 1 aromatic carbocycles. The lowest BCUT2D eigenvalue weighted by Crippen LogP contribution is -2.07. The molecule has 0 radical (unpaired) electrons. The molecule has 0 bridgehead atoms. The first-order chi connectivity index (χ1) is 9.18. The highest BCUT2D eigenvalue weighted by atomic mass is 19.1. The molecule has 2 aromatic heterocycles. The van der Waals surface area contributed by atoms with Gasteiger partial charge in [-0.1, -0.05) is 12.1 Å². The first kappa shape index (κ1) is 11.5. The first-order valence-electron chi connectivity index (χ1n) is 5.60. The van der Waals surface area contributed by atoms with Crippen LogP contribution in [0.15, 0.2) is 36.8 Å². The van der Waals surface area contributed by atoms with Crippen molar-refractivity contribution in [1.29, 1.82) is 0 Å². The van der Waals surface area contributed by atoms with Crippen LogP contribution in [0, 0.1) is 5.82 Å². The van der Waals surface area contributed by atoms with Crippen LogP contribution in [-0.4, -0.2) is 25.5 Å². The third-order valence-electron chi connectivity index (χ3n) is 2.86. The number of fused-ring (bicyclic) bond motifs is 1. The van der Waals surface area contributed by atoms with Gasteiger partial charge in [0, 0.05) is 7.05 Å². The summed E-state index contributed by atoms with van der Waals surface area (Å²) in [5, 5.41) is 4.54. The van der Waals surface area contributed by atoms with Crippen LogP contribution in [-0.2, 0) is 7.05 Å². The third-order valence-corrected chi connectivity index (χ3v) is 2.86. The number of ketones is 1. The van der Waals surface area contributed by atoms with Crippen molar-refractivity contribution in [3.63, 3.8) is 0 Å². The van der Waals surface area contributed by atoms with Gasteiger partial charge in [0.05, 0.1) is 17.1 Å². The van der Waals surface area contributed by atoms with Crippen LogP contribution in [0.4, 0.5) is 4.39 Å². The number of carbonyl (C=O) groups excluding carboxylic acids is 1. The zero-order chi connectivity index (χ0) is 13.4. The molecular weight excluding hydrogens is 247 g/mol. The van der Waals surface area contributed by atoms with Crippen molar-refractivity contribution in [2.45, 2.75) is 0 Å².